The van der Waals surface area contributed by atoms with E-state index in [1.54, 1.807) is 19.3 Å². The van der Waals surface area contributed by atoms with E-state index in [4.69, 9.17) is 0 Å². The molecule has 0 radical (unpaired) electrons. The molecule has 2 heterocycles. The first-order valence-corrected chi connectivity index (χ1v) is 8.02. The molecule has 0 unspecified atom stereocenters. The van der Waals surface area contributed by atoms with E-state index in [0.717, 1.165) is 13.0 Å². The van der Waals surface area contributed by atoms with E-state index < -0.39 is 0 Å². The van der Waals surface area contributed by atoms with Gasteiger partial charge in [0, 0.05) is 48.3 Å². The number of aromatic hydroxyl groups is 1. The van der Waals surface area contributed by atoms with Crippen molar-refractivity contribution in [3.63, 3.8) is 0 Å². The molecule has 124 valence electrons. The van der Waals surface area contributed by atoms with Gasteiger partial charge in [0.05, 0.1) is 12.3 Å². The van der Waals surface area contributed by atoms with Crippen LogP contribution in [0, 0.1) is 6.92 Å². The number of hydrogen-bond acceptors (Lipinski definition) is 4. The van der Waals surface area contributed by atoms with Gasteiger partial charge in [-0.3, -0.25) is 9.98 Å². The number of aliphatic imine (C=N–C) groups is 1. The molecule has 3 rings (SSSR count). The first kappa shape index (κ1) is 16.2. The summed E-state index contributed by atoms with van der Waals surface area (Å²) in [6, 6.07) is 10.4. The van der Waals surface area contributed by atoms with Crippen LogP contribution in [0.3, 0.4) is 0 Å². The maximum absolute atomic E-state index is 10.1. The van der Waals surface area contributed by atoms with E-state index in [1.807, 2.05) is 12.1 Å². The Hall–Kier alpha value is -2.66. The maximum Gasteiger partial charge on any atom is 0.145 e. The van der Waals surface area contributed by atoms with Crippen molar-refractivity contribution < 1.29 is 10.2 Å². The lowest BCUT2D eigenvalue weighted by atomic mass is 10.1. The van der Waals surface area contributed by atoms with Gasteiger partial charge in [-0.2, -0.15) is 0 Å². The third kappa shape index (κ3) is 3.31. The van der Waals surface area contributed by atoms with Gasteiger partial charge in [0.2, 0.25) is 0 Å². The lowest BCUT2D eigenvalue weighted by molar-refractivity contribution is 0.280. The van der Waals surface area contributed by atoms with Crippen molar-refractivity contribution in [2.45, 2.75) is 26.5 Å². The third-order valence-electron chi connectivity index (χ3n) is 4.11. The fraction of sp³-hybridized carbons (Fsp3) is 0.263. The minimum atomic E-state index is -0.169. The monoisotopic (exact) mass is 323 g/mol. The Morgan fingerprint density at radius 2 is 2.08 bits per heavy atom. The van der Waals surface area contributed by atoms with Crippen molar-refractivity contribution >= 4 is 17.1 Å². The molecule has 1 aromatic carbocycles. The van der Waals surface area contributed by atoms with Crippen LogP contribution in [-0.2, 0) is 13.2 Å². The molecule has 0 aliphatic rings. The lowest BCUT2D eigenvalue weighted by Gasteiger charge is -2.07. The highest BCUT2D eigenvalue weighted by molar-refractivity contribution is 5.85. The van der Waals surface area contributed by atoms with Crippen LogP contribution in [0.2, 0.25) is 0 Å². The number of pyridine rings is 1. The molecule has 2 N–H and O–H groups in total. The smallest absolute Gasteiger partial charge is 0.145 e. The summed E-state index contributed by atoms with van der Waals surface area (Å²) >= 11 is 0. The second kappa shape index (κ2) is 7.27. The second-order valence-corrected chi connectivity index (χ2v) is 5.75. The van der Waals surface area contributed by atoms with Crippen LogP contribution >= 0.6 is 0 Å². The number of aryl methyl sites for hydroxylation is 2. The Balaban J connectivity index is 1.63. The predicted molar refractivity (Wildman–Crippen MR) is 95.6 cm³/mol. The van der Waals surface area contributed by atoms with Crippen molar-refractivity contribution in [2.24, 2.45) is 4.99 Å². The molecule has 5 heteroatoms. The lowest BCUT2D eigenvalue weighted by Crippen LogP contribution is -2.00. The van der Waals surface area contributed by atoms with E-state index >= 15 is 0 Å². The summed E-state index contributed by atoms with van der Waals surface area (Å²) in [6.07, 6.45) is 6.19. The molecule has 0 fully saturated rings. The maximum atomic E-state index is 10.1. The summed E-state index contributed by atoms with van der Waals surface area (Å²) < 4.78 is 2.22. The fourth-order valence-corrected chi connectivity index (χ4v) is 2.75. The summed E-state index contributed by atoms with van der Waals surface area (Å²) in [5.74, 6) is 0.0849. The minimum absolute atomic E-state index is 0.0849. The van der Waals surface area contributed by atoms with Gasteiger partial charge in [-0.1, -0.05) is 18.2 Å². The third-order valence-corrected chi connectivity index (χ3v) is 4.11. The zero-order chi connectivity index (χ0) is 16.9. The topological polar surface area (TPSA) is 70.6 Å². The van der Waals surface area contributed by atoms with E-state index in [1.165, 1.54) is 10.9 Å². The van der Waals surface area contributed by atoms with Gasteiger partial charge in [-0.15, -0.1) is 0 Å². The molecule has 0 atom stereocenters. The fourth-order valence-electron chi connectivity index (χ4n) is 2.75. The van der Waals surface area contributed by atoms with Crippen molar-refractivity contribution in [1.29, 1.82) is 0 Å². The van der Waals surface area contributed by atoms with Gasteiger partial charge in [0.1, 0.15) is 5.75 Å². The molecule has 0 bridgehead atoms. The van der Waals surface area contributed by atoms with Gasteiger partial charge in [-0.05, 0) is 30.9 Å². The Morgan fingerprint density at radius 1 is 1.25 bits per heavy atom. The number of nitrogens with zero attached hydrogens (tertiary/aromatic N) is 3. The average Bonchev–Trinajstić information content (AvgIpc) is 3.01. The van der Waals surface area contributed by atoms with E-state index in [-0.39, 0.29) is 12.4 Å². The minimum Gasteiger partial charge on any atom is -0.505 e. The van der Waals surface area contributed by atoms with Crippen LogP contribution in [0.4, 0.5) is 0 Å². The number of hydrogen-bond donors (Lipinski definition) is 2. The van der Waals surface area contributed by atoms with Gasteiger partial charge in [0.25, 0.3) is 0 Å². The number of rotatable bonds is 6. The molecule has 24 heavy (non-hydrogen) atoms. The molecular formula is C19H21N3O2. The Kier molecular flexibility index (Phi) is 4.91. The van der Waals surface area contributed by atoms with Crippen LogP contribution < -0.4 is 0 Å². The van der Waals surface area contributed by atoms with Gasteiger partial charge >= 0.3 is 0 Å². The summed E-state index contributed by atoms with van der Waals surface area (Å²) in [6.45, 7) is 3.10. The van der Waals surface area contributed by atoms with E-state index in [2.05, 4.69) is 38.9 Å². The average molecular weight is 323 g/mol. The molecule has 5 nitrogen and oxygen atoms in total. The van der Waals surface area contributed by atoms with E-state index in [9.17, 15) is 10.2 Å². The second-order valence-electron chi connectivity index (χ2n) is 5.75. The number of benzene rings is 1. The predicted octanol–water partition coefficient (Wildman–Crippen LogP) is 3.05. The highest BCUT2D eigenvalue weighted by Crippen LogP contribution is 2.22. The number of aromatic nitrogens is 2. The highest BCUT2D eigenvalue weighted by atomic mass is 16.3. The number of aliphatic hydroxyl groups is 1. The molecular weight excluding hydrogens is 302 g/mol. The molecule has 0 saturated heterocycles. The van der Waals surface area contributed by atoms with E-state index in [0.29, 0.717) is 23.4 Å². The van der Waals surface area contributed by atoms with Gasteiger partial charge in [0.15, 0.2) is 0 Å². The summed E-state index contributed by atoms with van der Waals surface area (Å²) in [7, 11) is 0. The molecule has 0 saturated carbocycles. The zero-order valence-corrected chi connectivity index (χ0v) is 13.7. The number of fused-ring (bicyclic) bond motifs is 1. The standard InChI is InChI=1S/C19H21N3O2/c1-14-19(24)17(16(13-23)11-21-14)12-20-8-4-9-22-10-7-15-5-2-3-6-18(15)22/h2-3,5-7,10-12,23-24H,4,8-9,13H2,1H3. The molecule has 0 amide bonds. The van der Waals surface area contributed by atoms with Gasteiger partial charge < -0.3 is 14.8 Å². The summed E-state index contributed by atoms with van der Waals surface area (Å²) in [5, 5.41) is 20.7. The van der Waals surface area contributed by atoms with Crippen molar-refractivity contribution in [3.05, 3.63) is 59.5 Å². The summed E-state index contributed by atoms with van der Waals surface area (Å²) in [5.41, 5.74) is 2.90. The first-order chi connectivity index (χ1) is 11.7. The Labute approximate surface area is 140 Å². The first-order valence-electron chi connectivity index (χ1n) is 8.02. The largest absolute Gasteiger partial charge is 0.505 e. The molecule has 3 aromatic rings. The molecule has 0 aliphatic heterocycles. The number of para-hydroxylation sites is 1. The van der Waals surface area contributed by atoms with Crippen LogP contribution in [0.1, 0.15) is 23.2 Å². The van der Waals surface area contributed by atoms with Crippen LogP contribution in [0.5, 0.6) is 5.75 Å². The van der Waals surface area contributed by atoms with Crippen LogP contribution in [0.15, 0.2) is 47.7 Å². The molecule has 2 aromatic heterocycles. The van der Waals surface area contributed by atoms with Crippen molar-refractivity contribution in [3.8, 4) is 5.75 Å². The number of aliphatic hydroxyl groups excluding tert-OH is 1. The highest BCUT2D eigenvalue weighted by Gasteiger charge is 2.08. The molecule has 0 aliphatic carbocycles. The van der Waals surface area contributed by atoms with Crippen LogP contribution in [0.25, 0.3) is 10.9 Å². The van der Waals surface area contributed by atoms with Crippen LogP contribution in [-0.4, -0.2) is 32.5 Å². The SMILES string of the molecule is Cc1ncc(CO)c(C=NCCCn2ccc3ccccc32)c1O. The zero-order valence-electron chi connectivity index (χ0n) is 13.7. The Morgan fingerprint density at radius 3 is 2.92 bits per heavy atom. The molecule has 0 spiro atoms. The van der Waals surface area contributed by atoms with Gasteiger partial charge in [-0.25, -0.2) is 0 Å². The summed E-state index contributed by atoms with van der Waals surface area (Å²) in [4.78, 5) is 8.44. The van der Waals surface area contributed by atoms with Crippen molar-refractivity contribution in [2.75, 3.05) is 6.54 Å². The quantitative estimate of drug-likeness (QED) is 0.541. The Bertz CT molecular complexity index is 868. The van der Waals surface area contributed by atoms with Crippen molar-refractivity contribution in [1.82, 2.24) is 9.55 Å². The normalized spacial score (nSPS) is 11.6.